The average molecular weight is 268 g/mol. The summed E-state index contributed by atoms with van der Waals surface area (Å²) in [4.78, 5) is 20.4. The first kappa shape index (κ1) is 19.3. The molecule has 0 aliphatic rings. The Kier molecular flexibility index (Phi) is 10.1. The van der Waals surface area contributed by atoms with Crippen LogP contribution in [-0.2, 0) is 4.74 Å². The highest BCUT2D eigenvalue weighted by Crippen LogP contribution is 2.04. The predicted octanol–water partition coefficient (Wildman–Crippen LogP) is 2.69. The molecule has 0 aliphatic heterocycles. The predicted molar refractivity (Wildman–Crippen MR) is 76.7 cm³/mol. The second-order valence-electron chi connectivity index (χ2n) is 4.26. The SMILES string of the molecule is CC.CC(C)(C)OC(N)=O.NC(=O)c1ccccc1. The van der Waals surface area contributed by atoms with Crippen molar-refractivity contribution in [2.45, 2.75) is 40.2 Å². The van der Waals surface area contributed by atoms with Crippen LogP contribution in [0.2, 0.25) is 0 Å². The number of carbonyl (C=O) groups excluding carboxylic acids is 2. The van der Waals surface area contributed by atoms with E-state index in [2.05, 4.69) is 4.74 Å². The van der Waals surface area contributed by atoms with E-state index in [-0.39, 0.29) is 5.91 Å². The van der Waals surface area contributed by atoms with E-state index in [1.165, 1.54) is 0 Å². The molecule has 0 saturated heterocycles. The fourth-order valence-corrected chi connectivity index (χ4v) is 0.904. The molecule has 5 heteroatoms. The average Bonchev–Trinajstić information content (AvgIpc) is 2.30. The third-order valence-electron chi connectivity index (χ3n) is 1.47. The summed E-state index contributed by atoms with van der Waals surface area (Å²) in [6, 6.07) is 8.76. The number of amides is 2. The molecule has 1 aromatic carbocycles. The summed E-state index contributed by atoms with van der Waals surface area (Å²) >= 11 is 0. The smallest absolute Gasteiger partial charge is 0.405 e. The summed E-state index contributed by atoms with van der Waals surface area (Å²) < 4.78 is 4.58. The van der Waals surface area contributed by atoms with Crippen LogP contribution in [0.15, 0.2) is 30.3 Å². The molecule has 4 N–H and O–H groups in total. The van der Waals surface area contributed by atoms with Gasteiger partial charge in [0.1, 0.15) is 5.60 Å². The first-order chi connectivity index (χ1) is 8.72. The monoisotopic (exact) mass is 268 g/mol. The molecule has 1 rings (SSSR count). The molecule has 1 aromatic rings. The molecule has 0 spiro atoms. The molecule has 0 unspecified atom stereocenters. The Morgan fingerprint density at radius 1 is 1.00 bits per heavy atom. The lowest BCUT2D eigenvalue weighted by Gasteiger charge is -2.16. The standard InChI is InChI=1S/C7H7NO.C5H11NO2.C2H6/c8-7(9)6-4-2-1-3-5-6;1-5(2,3)8-4(6)7;1-2/h1-5H,(H2,8,9);1-3H3,(H2,6,7);1-2H3. The second kappa shape index (κ2) is 9.94. The van der Waals surface area contributed by atoms with Gasteiger partial charge >= 0.3 is 6.09 Å². The zero-order valence-electron chi connectivity index (χ0n) is 12.3. The second-order valence-corrected chi connectivity index (χ2v) is 4.26. The van der Waals surface area contributed by atoms with Gasteiger partial charge in [-0.2, -0.15) is 0 Å². The maximum Gasteiger partial charge on any atom is 0.405 e. The minimum atomic E-state index is -0.725. The molecule has 0 atom stereocenters. The van der Waals surface area contributed by atoms with Gasteiger partial charge in [-0.25, -0.2) is 4.79 Å². The number of carbonyl (C=O) groups is 2. The highest BCUT2D eigenvalue weighted by molar-refractivity contribution is 5.92. The minimum absolute atomic E-state index is 0.379. The van der Waals surface area contributed by atoms with Crippen molar-refractivity contribution in [1.29, 1.82) is 0 Å². The lowest BCUT2D eigenvalue weighted by atomic mass is 10.2. The Hall–Kier alpha value is -2.04. The summed E-state index contributed by atoms with van der Waals surface area (Å²) in [6.07, 6.45) is -0.725. The zero-order valence-corrected chi connectivity index (χ0v) is 12.3. The Bertz CT molecular complexity index is 370. The van der Waals surface area contributed by atoms with Crippen LogP contribution in [-0.4, -0.2) is 17.6 Å². The van der Waals surface area contributed by atoms with Gasteiger partial charge in [0.05, 0.1) is 0 Å². The lowest BCUT2D eigenvalue weighted by Crippen LogP contribution is -2.27. The van der Waals surface area contributed by atoms with Crippen LogP contribution in [0.4, 0.5) is 4.79 Å². The van der Waals surface area contributed by atoms with Gasteiger partial charge in [-0.15, -0.1) is 0 Å². The summed E-state index contributed by atoms with van der Waals surface area (Å²) in [6.45, 7) is 9.28. The molecule has 2 amide bonds. The summed E-state index contributed by atoms with van der Waals surface area (Å²) in [5, 5.41) is 0. The Balaban J connectivity index is 0. The normalized spacial score (nSPS) is 9.11. The summed E-state index contributed by atoms with van der Waals surface area (Å²) in [5.41, 5.74) is 9.79. The van der Waals surface area contributed by atoms with Gasteiger partial charge in [0.15, 0.2) is 0 Å². The molecular formula is C14H24N2O3. The third-order valence-corrected chi connectivity index (χ3v) is 1.47. The Morgan fingerprint density at radius 2 is 1.42 bits per heavy atom. The van der Waals surface area contributed by atoms with Crippen molar-refractivity contribution in [3.8, 4) is 0 Å². The van der Waals surface area contributed by atoms with Crippen molar-refractivity contribution in [2.24, 2.45) is 11.5 Å². The molecular weight excluding hydrogens is 244 g/mol. The number of hydrogen-bond acceptors (Lipinski definition) is 3. The number of ether oxygens (including phenoxy) is 1. The molecule has 0 fully saturated rings. The van der Waals surface area contributed by atoms with Crippen LogP contribution in [0.3, 0.4) is 0 Å². The topological polar surface area (TPSA) is 95.4 Å². The van der Waals surface area contributed by atoms with Gasteiger partial charge in [0, 0.05) is 5.56 Å². The molecule has 108 valence electrons. The Labute approximate surface area is 114 Å². The van der Waals surface area contributed by atoms with Gasteiger partial charge < -0.3 is 16.2 Å². The Morgan fingerprint density at radius 3 is 1.58 bits per heavy atom. The van der Waals surface area contributed by atoms with E-state index in [1.54, 1.807) is 45.0 Å². The van der Waals surface area contributed by atoms with E-state index >= 15 is 0 Å². The van der Waals surface area contributed by atoms with Crippen molar-refractivity contribution < 1.29 is 14.3 Å². The van der Waals surface area contributed by atoms with E-state index < -0.39 is 11.7 Å². The van der Waals surface area contributed by atoms with Crippen molar-refractivity contribution in [3.05, 3.63) is 35.9 Å². The number of rotatable bonds is 1. The van der Waals surface area contributed by atoms with Crippen molar-refractivity contribution in [1.82, 2.24) is 0 Å². The van der Waals surface area contributed by atoms with Crippen LogP contribution in [0.1, 0.15) is 45.0 Å². The van der Waals surface area contributed by atoms with Gasteiger partial charge in [-0.1, -0.05) is 32.0 Å². The third kappa shape index (κ3) is 13.9. The van der Waals surface area contributed by atoms with Crippen LogP contribution in [0.5, 0.6) is 0 Å². The van der Waals surface area contributed by atoms with Crippen LogP contribution < -0.4 is 11.5 Å². The maximum absolute atomic E-state index is 10.4. The molecule has 0 aromatic heterocycles. The molecule has 5 nitrogen and oxygen atoms in total. The van der Waals surface area contributed by atoms with Gasteiger partial charge in [-0.05, 0) is 32.9 Å². The van der Waals surface area contributed by atoms with Gasteiger partial charge in [0.25, 0.3) is 0 Å². The van der Waals surface area contributed by atoms with E-state index in [0.29, 0.717) is 5.56 Å². The first-order valence-electron chi connectivity index (χ1n) is 6.05. The number of nitrogens with two attached hydrogens (primary N) is 2. The highest BCUT2D eigenvalue weighted by Gasteiger charge is 2.12. The molecule has 0 aliphatic carbocycles. The number of primary amides is 2. The quantitative estimate of drug-likeness (QED) is 0.819. The van der Waals surface area contributed by atoms with Crippen molar-refractivity contribution in [3.63, 3.8) is 0 Å². The van der Waals surface area contributed by atoms with Gasteiger partial charge in [-0.3, -0.25) is 4.79 Å². The van der Waals surface area contributed by atoms with E-state index in [4.69, 9.17) is 11.5 Å². The number of benzene rings is 1. The molecule has 0 radical (unpaired) electrons. The zero-order chi connectivity index (χ0) is 15.5. The molecule has 0 saturated carbocycles. The highest BCUT2D eigenvalue weighted by atomic mass is 16.6. The molecule has 19 heavy (non-hydrogen) atoms. The lowest BCUT2D eigenvalue weighted by molar-refractivity contribution is 0.0600. The van der Waals surface area contributed by atoms with Crippen LogP contribution >= 0.6 is 0 Å². The summed E-state index contributed by atoms with van der Waals surface area (Å²) in [7, 11) is 0. The largest absolute Gasteiger partial charge is 0.444 e. The molecule has 0 heterocycles. The summed E-state index contributed by atoms with van der Waals surface area (Å²) in [5.74, 6) is -0.379. The van der Waals surface area contributed by atoms with Crippen molar-refractivity contribution >= 4 is 12.0 Å². The minimum Gasteiger partial charge on any atom is -0.444 e. The van der Waals surface area contributed by atoms with E-state index in [0.717, 1.165) is 0 Å². The van der Waals surface area contributed by atoms with Crippen LogP contribution in [0.25, 0.3) is 0 Å². The van der Waals surface area contributed by atoms with E-state index in [9.17, 15) is 9.59 Å². The maximum atomic E-state index is 10.4. The van der Waals surface area contributed by atoms with E-state index in [1.807, 2.05) is 19.9 Å². The fraction of sp³-hybridized carbons (Fsp3) is 0.429. The number of hydrogen-bond donors (Lipinski definition) is 2. The first-order valence-corrected chi connectivity index (χ1v) is 6.05. The van der Waals surface area contributed by atoms with Crippen molar-refractivity contribution in [2.75, 3.05) is 0 Å². The van der Waals surface area contributed by atoms with Crippen LogP contribution in [0, 0.1) is 0 Å². The van der Waals surface area contributed by atoms with Gasteiger partial charge in [0.2, 0.25) is 5.91 Å². The molecule has 0 bridgehead atoms. The fourth-order valence-electron chi connectivity index (χ4n) is 0.904.